The minimum Gasteiger partial charge on any atom is -0.493 e. The summed E-state index contributed by atoms with van der Waals surface area (Å²) in [5.41, 5.74) is 1.08. The van der Waals surface area contributed by atoms with Gasteiger partial charge in [0.05, 0.1) is 20.3 Å². The van der Waals surface area contributed by atoms with Gasteiger partial charge in [0, 0.05) is 36.9 Å². The number of methoxy groups -OCH3 is 2. The molecule has 0 aliphatic heterocycles. The number of hydrogen-bond donors (Lipinski definition) is 2. The fourth-order valence-corrected chi connectivity index (χ4v) is 3.91. The average Bonchev–Trinajstić information content (AvgIpc) is 3.29. The third-order valence-corrected chi connectivity index (χ3v) is 5.60. The fourth-order valence-electron chi connectivity index (χ4n) is 3.91. The van der Waals surface area contributed by atoms with Crippen molar-refractivity contribution in [3.63, 3.8) is 0 Å². The van der Waals surface area contributed by atoms with Crippen molar-refractivity contribution in [2.45, 2.75) is 50.8 Å². The molecular formula is C21H31N3O3. The minimum absolute atomic E-state index is 0.0979. The molecule has 1 aromatic heterocycles. The van der Waals surface area contributed by atoms with Crippen LogP contribution in [0.5, 0.6) is 11.5 Å². The molecule has 3 rings (SSSR count). The molecule has 0 amide bonds. The maximum absolute atomic E-state index is 10.5. The van der Waals surface area contributed by atoms with Gasteiger partial charge in [0.25, 0.3) is 0 Å². The van der Waals surface area contributed by atoms with E-state index in [4.69, 9.17) is 9.47 Å². The van der Waals surface area contributed by atoms with Crippen LogP contribution in [0.3, 0.4) is 0 Å². The molecule has 1 unspecified atom stereocenters. The van der Waals surface area contributed by atoms with E-state index in [9.17, 15) is 5.11 Å². The van der Waals surface area contributed by atoms with Crippen molar-refractivity contribution in [1.82, 2.24) is 15.1 Å². The summed E-state index contributed by atoms with van der Waals surface area (Å²) in [4.78, 5) is 0. The van der Waals surface area contributed by atoms with Gasteiger partial charge in [-0.25, -0.2) is 0 Å². The van der Waals surface area contributed by atoms with Gasteiger partial charge in [-0.2, -0.15) is 5.10 Å². The monoisotopic (exact) mass is 373 g/mol. The Morgan fingerprint density at radius 3 is 2.67 bits per heavy atom. The number of aliphatic hydroxyl groups is 1. The molecule has 0 saturated heterocycles. The van der Waals surface area contributed by atoms with Gasteiger partial charge in [-0.3, -0.25) is 4.68 Å². The summed E-state index contributed by atoms with van der Waals surface area (Å²) >= 11 is 0. The predicted molar refractivity (Wildman–Crippen MR) is 105 cm³/mol. The molecule has 1 saturated carbocycles. The Labute approximate surface area is 161 Å². The van der Waals surface area contributed by atoms with Crippen LogP contribution in [0.25, 0.3) is 0 Å². The van der Waals surface area contributed by atoms with Gasteiger partial charge < -0.3 is 19.9 Å². The maximum Gasteiger partial charge on any atom is 0.161 e. The molecule has 1 fully saturated rings. The second-order valence-electron chi connectivity index (χ2n) is 8.07. The highest BCUT2D eigenvalue weighted by Gasteiger charge is 2.34. The molecule has 1 aromatic carbocycles. The zero-order valence-corrected chi connectivity index (χ0v) is 16.7. The first-order valence-corrected chi connectivity index (χ1v) is 9.54. The molecule has 27 heavy (non-hydrogen) atoms. The summed E-state index contributed by atoms with van der Waals surface area (Å²) in [6.45, 7) is 6.04. The topological polar surface area (TPSA) is 68.5 Å². The average molecular weight is 373 g/mol. The number of aromatic nitrogens is 2. The van der Waals surface area contributed by atoms with E-state index in [1.54, 1.807) is 20.4 Å². The van der Waals surface area contributed by atoms with Gasteiger partial charge >= 0.3 is 0 Å². The van der Waals surface area contributed by atoms with E-state index in [-0.39, 0.29) is 17.6 Å². The Hall–Kier alpha value is -2.05. The first kappa shape index (κ1) is 19.7. The molecule has 0 bridgehead atoms. The van der Waals surface area contributed by atoms with Gasteiger partial charge in [0.2, 0.25) is 0 Å². The Morgan fingerprint density at radius 1 is 1.22 bits per heavy atom. The first-order valence-electron chi connectivity index (χ1n) is 9.54. The van der Waals surface area contributed by atoms with Crippen LogP contribution in [0.2, 0.25) is 0 Å². The van der Waals surface area contributed by atoms with Gasteiger partial charge in [-0.1, -0.05) is 19.9 Å². The highest BCUT2D eigenvalue weighted by atomic mass is 16.5. The second kappa shape index (κ2) is 8.31. The SMILES string of the molecule is COc1ccc(C(C)(C)CN[C@@H]2CC(Cn3cccn3)C[C@H]2O)cc1OC. The van der Waals surface area contributed by atoms with E-state index in [0.29, 0.717) is 5.92 Å². The number of aliphatic hydroxyl groups excluding tert-OH is 1. The number of benzene rings is 1. The van der Waals surface area contributed by atoms with Gasteiger partial charge in [-0.05, 0) is 42.5 Å². The van der Waals surface area contributed by atoms with Crippen LogP contribution in [0, 0.1) is 5.92 Å². The van der Waals surface area contributed by atoms with Gasteiger partial charge in [0.1, 0.15) is 0 Å². The molecule has 148 valence electrons. The fraction of sp³-hybridized carbons (Fsp3) is 0.571. The quantitative estimate of drug-likeness (QED) is 0.744. The van der Waals surface area contributed by atoms with Crippen LogP contribution in [0.4, 0.5) is 0 Å². The van der Waals surface area contributed by atoms with Crippen molar-refractivity contribution in [2.75, 3.05) is 20.8 Å². The molecule has 6 nitrogen and oxygen atoms in total. The van der Waals surface area contributed by atoms with E-state index in [1.165, 1.54) is 5.56 Å². The molecule has 1 aliphatic carbocycles. The van der Waals surface area contributed by atoms with Crippen LogP contribution >= 0.6 is 0 Å². The standard InChI is InChI=1S/C21H31N3O3/c1-21(2,16-6-7-19(26-3)20(12-16)27-4)14-22-17-10-15(11-18(17)25)13-24-9-5-8-23-24/h5-9,12,15,17-18,22,25H,10-11,13-14H2,1-4H3/t15?,17-,18-/m1/s1. The van der Waals surface area contributed by atoms with Crippen molar-refractivity contribution in [1.29, 1.82) is 0 Å². The van der Waals surface area contributed by atoms with Crippen LogP contribution in [-0.4, -0.2) is 47.8 Å². The summed E-state index contributed by atoms with van der Waals surface area (Å²) < 4.78 is 12.7. The molecule has 2 aromatic rings. The maximum atomic E-state index is 10.5. The summed E-state index contributed by atoms with van der Waals surface area (Å²) in [6.07, 6.45) is 5.24. The second-order valence-corrected chi connectivity index (χ2v) is 8.07. The molecule has 2 N–H and O–H groups in total. The number of ether oxygens (including phenoxy) is 2. The molecule has 1 aliphatic rings. The Balaban J connectivity index is 1.59. The van der Waals surface area contributed by atoms with E-state index in [1.807, 2.05) is 29.1 Å². The summed E-state index contributed by atoms with van der Waals surface area (Å²) in [5.74, 6) is 1.92. The minimum atomic E-state index is -0.313. The van der Waals surface area contributed by atoms with Gasteiger partial charge in [0.15, 0.2) is 11.5 Å². The lowest BCUT2D eigenvalue weighted by Crippen LogP contribution is -2.42. The van der Waals surface area contributed by atoms with E-state index < -0.39 is 0 Å². The van der Waals surface area contributed by atoms with Gasteiger partial charge in [-0.15, -0.1) is 0 Å². The molecule has 3 atom stereocenters. The number of nitrogens with zero attached hydrogens (tertiary/aromatic N) is 2. The van der Waals surface area contributed by atoms with Crippen LogP contribution in [0.15, 0.2) is 36.7 Å². The lowest BCUT2D eigenvalue weighted by Gasteiger charge is -2.29. The predicted octanol–water partition coefficient (Wildman–Crippen LogP) is 2.61. The van der Waals surface area contributed by atoms with Crippen LogP contribution in [-0.2, 0) is 12.0 Å². The van der Waals surface area contributed by atoms with E-state index >= 15 is 0 Å². The number of hydrogen-bond acceptors (Lipinski definition) is 5. The lowest BCUT2D eigenvalue weighted by molar-refractivity contribution is 0.143. The summed E-state index contributed by atoms with van der Waals surface area (Å²) in [6, 6.07) is 8.11. The Morgan fingerprint density at radius 2 is 2.00 bits per heavy atom. The highest BCUT2D eigenvalue weighted by Crippen LogP contribution is 2.34. The zero-order chi connectivity index (χ0) is 19.4. The Kier molecular flexibility index (Phi) is 6.07. The largest absolute Gasteiger partial charge is 0.493 e. The van der Waals surface area contributed by atoms with Crippen molar-refractivity contribution in [3.05, 3.63) is 42.2 Å². The van der Waals surface area contributed by atoms with Crippen molar-refractivity contribution >= 4 is 0 Å². The third-order valence-electron chi connectivity index (χ3n) is 5.60. The zero-order valence-electron chi connectivity index (χ0n) is 16.7. The normalized spacial score (nSPS) is 22.8. The smallest absolute Gasteiger partial charge is 0.161 e. The molecule has 1 heterocycles. The van der Waals surface area contributed by atoms with E-state index in [2.05, 4.69) is 30.3 Å². The van der Waals surface area contributed by atoms with Crippen molar-refractivity contribution in [3.8, 4) is 11.5 Å². The molecular weight excluding hydrogens is 342 g/mol. The Bertz CT molecular complexity index is 730. The molecule has 0 radical (unpaired) electrons. The number of nitrogens with one attached hydrogen (secondary N) is 1. The molecule has 0 spiro atoms. The third kappa shape index (κ3) is 4.62. The first-order chi connectivity index (χ1) is 12.9. The molecule has 6 heteroatoms. The van der Waals surface area contributed by atoms with Crippen LogP contribution in [0.1, 0.15) is 32.3 Å². The highest BCUT2D eigenvalue weighted by molar-refractivity contribution is 5.45. The summed E-state index contributed by atoms with van der Waals surface area (Å²) in [5, 5.41) is 18.3. The number of rotatable bonds is 8. The van der Waals surface area contributed by atoms with Crippen LogP contribution < -0.4 is 14.8 Å². The van der Waals surface area contributed by atoms with E-state index in [0.717, 1.165) is 37.4 Å². The van der Waals surface area contributed by atoms with Crippen molar-refractivity contribution in [2.24, 2.45) is 5.92 Å². The lowest BCUT2D eigenvalue weighted by atomic mass is 9.84. The summed E-state index contributed by atoms with van der Waals surface area (Å²) in [7, 11) is 3.30. The van der Waals surface area contributed by atoms with Crippen molar-refractivity contribution < 1.29 is 14.6 Å².